The minimum absolute atomic E-state index is 0.0298. The Bertz CT molecular complexity index is 808. The minimum atomic E-state index is -2.27. The van der Waals surface area contributed by atoms with E-state index in [0.29, 0.717) is 13.1 Å². The van der Waals surface area contributed by atoms with Crippen molar-refractivity contribution in [3.63, 3.8) is 0 Å². The predicted molar refractivity (Wildman–Crippen MR) is 89.4 cm³/mol. The number of amides is 1. The normalized spacial score (nSPS) is 11.1. The van der Waals surface area contributed by atoms with Gasteiger partial charge < -0.3 is 19.4 Å². The molecule has 28 heavy (non-hydrogen) atoms. The Morgan fingerprint density at radius 3 is 2.14 bits per heavy atom. The maximum atomic E-state index is 13.6. The lowest BCUT2D eigenvalue weighted by Gasteiger charge is -2.17. The monoisotopic (exact) mass is 406 g/mol. The average Bonchev–Trinajstić information content (AvgIpc) is 3.17. The third kappa shape index (κ3) is 4.80. The summed E-state index contributed by atoms with van der Waals surface area (Å²) in [6.45, 7) is 6.07. The molecule has 10 heteroatoms. The molecule has 1 N–H and O–H groups in total. The molecule has 0 fully saturated rings. The molecule has 1 aromatic heterocycles. The van der Waals surface area contributed by atoms with Crippen LogP contribution in [0, 0.1) is 29.1 Å². The molecule has 0 spiro atoms. The molecule has 0 radical (unpaired) electrons. The number of halogens is 5. The Labute approximate surface area is 158 Å². The van der Waals surface area contributed by atoms with Crippen molar-refractivity contribution in [2.75, 3.05) is 26.2 Å². The molecule has 0 saturated heterocycles. The van der Waals surface area contributed by atoms with Crippen LogP contribution in [0.1, 0.15) is 30.2 Å². The number of nitrogens with zero attached hydrogens (tertiary/aromatic N) is 1. The summed E-state index contributed by atoms with van der Waals surface area (Å²) in [5.74, 6) is -12.7. The van der Waals surface area contributed by atoms with Gasteiger partial charge in [0.2, 0.25) is 29.1 Å². The summed E-state index contributed by atoms with van der Waals surface area (Å²) >= 11 is 0. The van der Waals surface area contributed by atoms with E-state index in [-0.39, 0.29) is 11.5 Å². The van der Waals surface area contributed by atoms with Crippen LogP contribution in [0.15, 0.2) is 16.5 Å². The van der Waals surface area contributed by atoms with Gasteiger partial charge in [-0.05, 0) is 25.2 Å². The number of nitrogens with one attached hydrogen (secondary N) is 1. The van der Waals surface area contributed by atoms with E-state index in [9.17, 15) is 26.7 Å². The Morgan fingerprint density at radius 2 is 1.57 bits per heavy atom. The molecule has 0 unspecified atom stereocenters. The number of hydrogen-bond donors (Lipinski definition) is 1. The Morgan fingerprint density at radius 1 is 1.00 bits per heavy atom. The largest absolute Gasteiger partial charge is 0.479 e. The lowest BCUT2D eigenvalue weighted by atomic mass is 10.2. The maximum absolute atomic E-state index is 13.6. The Balaban J connectivity index is 1.98. The van der Waals surface area contributed by atoms with Crippen molar-refractivity contribution in [2.24, 2.45) is 0 Å². The SMILES string of the molecule is CCN(CC)CCNC(=O)c1ccc(COc2c(F)c(F)c(F)c(F)c2F)o1. The maximum Gasteiger partial charge on any atom is 0.287 e. The molecular formula is C18H19F5N2O3. The first kappa shape index (κ1) is 21.7. The number of likely N-dealkylation sites (N-methyl/N-ethyl adjacent to an activating group) is 1. The van der Waals surface area contributed by atoms with E-state index in [1.165, 1.54) is 12.1 Å². The highest BCUT2D eigenvalue weighted by Gasteiger charge is 2.27. The van der Waals surface area contributed by atoms with Crippen LogP contribution < -0.4 is 10.1 Å². The summed E-state index contributed by atoms with van der Waals surface area (Å²) in [6.07, 6.45) is 0. The minimum Gasteiger partial charge on any atom is -0.479 e. The highest BCUT2D eigenvalue weighted by molar-refractivity contribution is 5.91. The molecule has 0 aliphatic heterocycles. The van der Waals surface area contributed by atoms with Gasteiger partial charge in [-0.2, -0.15) is 8.78 Å². The van der Waals surface area contributed by atoms with Gasteiger partial charge in [-0.15, -0.1) is 0 Å². The molecule has 2 rings (SSSR count). The molecule has 1 amide bonds. The third-order valence-corrected chi connectivity index (χ3v) is 4.02. The third-order valence-electron chi connectivity index (χ3n) is 4.02. The van der Waals surface area contributed by atoms with Crippen LogP contribution in [-0.2, 0) is 6.61 Å². The van der Waals surface area contributed by atoms with Crippen LogP contribution in [0.25, 0.3) is 0 Å². The van der Waals surface area contributed by atoms with E-state index in [4.69, 9.17) is 4.42 Å². The molecule has 5 nitrogen and oxygen atoms in total. The van der Waals surface area contributed by atoms with E-state index >= 15 is 0 Å². The summed E-state index contributed by atoms with van der Waals surface area (Å²) < 4.78 is 76.3. The van der Waals surface area contributed by atoms with Crippen molar-refractivity contribution < 1.29 is 35.9 Å². The quantitative estimate of drug-likeness (QED) is 0.393. The summed E-state index contributed by atoms with van der Waals surface area (Å²) in [4.78, 5) is 14.1. The van der Waals surface area contributed by atoms with Gasteiger partial charge in [-0.3, -0.25) is 4.79 Å². The fourth-order valence-corrected chi connectivity index (χ4v) is 2.39. The van der Waals surface area contributed by atoms with Gasteiger partial charge in [0, 0.05) is 13.1 Å². The molecule has 0 saturated carbocycles. The summed E-state index contributed by atoms with van der Waals surface area (Å²) in [6, 6.07) is 2.61. The topological polar surface area (TPSA) is 54.7 Å². The van der Waals surface area contributed by atoms with Gasteiger partial charge in [0.05, 0.1) is 0 Å². The van der Waals surface area contributed by atoms with Gasteiger partial charge >= 0.3 is 0 Å². The zero-order chi connectivity index (χ0) is 20.8. The second-order valence-corrected chi connectivity index (χ2v) is 5.74. The van der Waals surface area contributed by atoms with E-state index in [1.54, 1.807) is 0 Å². The smallest absolute Gasteiger partial charge is 0.287 e. The van der Waals surface area contributed by atoms with Crippen molar-refractivity contribution in [1.29, 1.82) is 0 Å². The second kappa shape index (κ2) is 9.54. The highest BCUT2D eigenvalue weighted by Crippen LogP contribution is 2.29. The first-order valence-corrected chi connectivity index (χ1v) is 8.53. The highest BCUT2D eigenvalue weighted by atomic mass is 19.2. The van der Waals surface area contributed by atoms with Gasteiger partial charge in [0.25, 0.3) is 5.91 Å². The van der Waals surface area contributed by atoms with Crippen molar-refractivity contribution in [3.8, 4) is 5.75 Å². The standard InChI is InChI=1S/C18H19F5N2O3/c1-3-25(4-2)8-7-24-18(26)11-6-5-10(28-11)9-27-17-15(22)13(20)12(19)14(21)16(17)23/h5-6H,3-4,7-9H2,1-2H3,(H,24,26). The number of benzene rings is 1. The molecule has 1 aromatic carbocycles. The van der Waals surface area contributed by atoms with Gasteiger partial charge in [-0.1, -0.05) is 13.8 Å². The van der Waals surface area contributed by atoms with Crippen molar-refractivity contribution in [1.82, 2.24) is 10.2 Å². The molecule has 0 aliphatic rings. The summed E-state index contributed by atoms with van der Waals surface area (Å²) in [5, 5.41) is 2.65. The first-order valence-electron chi connectivity index (χ1n) is 8.53. The number of hydrogen-bond acceptors (Lipinski definition) is 4. The second-order valence-electron chi connectivity index (χ2n) is 5.74. The average molecular weight is 406 g/mol. The zero-order valence-electron chi connectivity index (χ0n) is 15.3. The van der Waals surface area contributed by atoms with Gasteiger partial charge in [-0.25, -0.2) is 13.2 Å². The van der Waals surface area contributed by atoms with Crippen LogP contribution in [-0.4, -0.2) is 37.0 Å². The van der Waals surface area contributed by atoms with Crippen molar-refractivity contribution >= 4 is 5.91 Å². The van der Waals surface area contributed by atoms with Crippen molar-refractivity contribution in [3.05, 3.63) is 52.7 Å². The lowest BCUT2D eigenvalue weighted by Crippen LogP contribution is -2.34. The number of carbonyl (C=O) groups excluding carboxylic acids is 1. The van der Waals surface area contributed by atoms with Gasteiger partial charge in [0.15, 0.2) is 11.5 Å². The Kier molecular flexibility index (Phi) is 7.38. The van der Waals surface area contributed by atoms with E-state index in [1.807, 2.05) is 13.8 Å². The Hall–Kier alpha value is -2.62. The zero-order valence-corrected chi connectivity index (χ0v) is 15.3. The summed E-state index contributed by atoms with van der Waals surface area (Å²) in [5.41, 5.74) is 0. The number of ether oxygens (including phenoxy) is 1. The van der Waals surface area contributed by atoms with E-state index < -0.39 is 47.3 Å². The molecule has 0 bridgehead atoms. The number of rotatable bonds is 9. The van der Waals surface area contributed by atoms with Crippen molar-refractivity contribution in [2.45, 2.75) is 20.5 Å². The molecule has 154 valence electrons. The van der Waals surface area contributed by atoms with Crippen LogP contribution in [0.5, 0.6) is 5.75 Å². The fourth-order valence-electron chi connectivity index (χ4n) is 2.39. The van der Waals surface area contributed by atoms with Crippen LogP contribution in [0.4, 0.5) is 22.0 Å². The molecule has 0 atom stereocenters. The first-order chi connectivity index (χ1) is 13.3. The lowest BCUT2D eigenvalue weighted by molar-refractivity contribution is 0.0916. The number of furan rings is 1. The van der Waals surface area contributed by atoms with Crippen LogP contribution >= 0.6 is 0 Å². The fraction of sp³-hybridized carbons (Fsp3) is 0.389. The number of carbonyl (C=O) groups is 1. The molecule has 2 aromatic rings. The molecule has 0 aliphatic carbocycles. The molecular weight excluding hydrogens is 387 g/mol. The summed E-state index contributed by atoms with van der Waals surface area (Å²) in [7, 11) is 0. The van der Waals surface area contributed by atoms with Crippen LogP contribution in [0.3, 0.4) is 0 Å². The van der Waals surface area contributed by atoms with E-state index in [0.717, 1.165) is 13.1 Å². The van der Waals surface area contributed by atoms with E-state index in [2.05, 4.69) is 15.0 Å². The van der Waals surface area contributed by atoms with Crippen LogP contribution in [0.2, 0.25) is 0 Å². The molecule has 1 heterocycles. The predicted octanol–water partition coefficient (Wildman–Crippen LogP) is 3.63. The van der Waals surface area contributed by atoms with Gasteiger partial charge in [0.1, 0.15) is 12.4 Å².